The topological polar surface area (TPSA) is 70.2 Å². The lowest BCUT2D eigenvalue weighted by Crippen LogP contribution is -2.30. The molecule has 1 unspecified atom stereocenters. The zero-order valence-electron chi connectivity index (χ0n) is 13.3. The predicted molar refractivity (Wildman–Crippen MR) is 87.9 cm³/mol. The molecule has 120 valence electrons. The first kappa shape index (κ1) is 16.5. The molecule has 1 aromatic carbocycles. The van der Waals surface area contributed by atoms with Gasteiger partial charge in [0.1, 0.15) is 0 Å². The quantitative estimate of drug-likeness (QED) is 0.754. The lowest BCUT2D eigenvalue weighted by atomic mass is 10.0. The van der Waals surface area contributed by atoms with Crippen molar-refractivity contribution in [2.45, 2.75) is 39.2 Å². The Bertz CT molecular complexity index is 505. The van der Waals surface area contributed by atoms with Crippen LogP contribution in [0.1, 0.15) is 43.5 Å². The number of amides is 2. The van der Waals surface area contributed by atoms with E-state index >= 15 is 0 Å². The molecule has 3 N–H and O–H groups in total. The Morgan fingerprint density at radius 1 is 1.27 bits per heavy atom. The molecule has 5 nitrogen and oxygen atoms in total. The first-order valence-corrected chi connectivity index (χ1v) is 7.96. The number of rotatable bonds is 6. The molecule has 0 radical (unpaired) electrons. The summed E-state index contributed by atoms with van der Waals surface area (Å²) in [5.74, 6) is 0.556. The van der Waals surface area contributed by atoms with Crippen molar-refractivity contribution in [3.63, 3.8) is 0 Å². The second-order valence-electron chi connectivity index (χ2n) is 6.15. The average molecular weight is 303 g/mol. The Kier molecular flexibility index (Phi) is 5.95. The van der Waals surface area contributed by atoms with Crippen LogP contribution in [0.25, 0.3) is 0 Å². The highest BCUT2D eigenvalue weighted by Gasteiger charge is 2.15. The third-order valence-electron chi connectivity index (χ3n) is 3.79. The van der Waals surface area contributed by atoms with Crippen LogP contribution >= 0.6 is 0 Å². The number of carbonyl (C=O) groups excluding carboxylic acids is 2. The van der Waals surface area contributed by atoms with E-state index in [0.29, 0.717) is 17.9 Å². The Morgan fingerprint density at radius 2 is 2.00 bits per heavy atom. The normalized spacial score (nSPS) is 17.5. The molecule has 5 heteroatoms. The molecule has 22 heavy (non-hydrogen) atoms. The maximum absolute atomic E-state index is 11.9. The summed E-state index contributed by atoms with van der Waals surface area (Å²) in [6, 6.07) is 7.11. The van der Waals surface area contributed by atoms with Crippen molar-refractivity contribution in [2.75, 3.05) is 18.4 Å². The van der Waals surface area contributed by atoms with Crippen LogP contribution in [-0.2, 0) is 4.79 Å². The van der Waals surface area contributed by atoms with Gasteiger partial charge in [0.15, 0.2) is 0 Å². The molecule has 1 atom stereocenters. The van der Waals surface area contributed by atoms with Gasteiger partial charge in [-0.05, 0) is 70.0 Å². The minimum Gasteiger partial charge on any atom is -0.350 e. The highest BCUT2D eigenvalue weighted by molar-refractivity contribution is 5.95. The SMILES string of the molecule is CC(C)NC(=O)c1ccc(NC(=O)CCC2CCNC2)cc1. The van der Waals surface area contributed by atoms with Crippen LogP contribution < -0.4 is 16.0 Å². The van der Waals surface area contributed by atoms with Crippen molar-refractivity contribution in [3.8, 4) is 0 Å². The van der Waals surface area contributed by atoms with E-state index in [1.54, 1.807) is 24.3 Å². The molecule has 0 aromatic heterocycles. The monoisotopic (exact) mass is 303 g/mol. The molecule has 1 saturated heterocycles. The van der Waals surface area contributed by atoms with Crippen molar-refractivity contribution in [1.29, 1.82) is 0 Å². The van der Waals surface area contributed by atoms with Gasteiger partial charge in [0.25, 0.3) is 5.91 Å². The van der Waals surface area contributed by atoms with Gasteiger partial charge in [-0.1, -0.05) is 0 Å². The molecule has 2 amide bonds. The molecule has 1 aromatic rings. The molecule has 1 heterocycles. The van der Waals surface area contributed by atoms with E-state index in [1.165, 1.54) is 0 Å². The summed E-state index contributed by atoms with van der Waals surface area (Å²) in [5.41, 5.74) is 1.33. The zero-order chi connectivity index (χ0) is 15.9. The van der Waals surface area contributed by atoms with E-state index < -0.39 is 0 Å². The molecule has 1 aliphatic rings. The number of hydrogen-bond donors (Lipinski definition) is 3. The van der Waals surface area contributed by atoms with Crippen LogP contribution in [0.2, 0.25) is 0 Å². The Labute approximate surface area is 131 Å². The lowest BCUT2D eigenvalue weighted by molar-refractivity contribution is -0.116. The van der Waals surface area contributed by atoms with Gasteiger partial charge in [-0.25, -0.2) is 0 Å². The molecule has 1 aliphatic heterocycles. The Hall–Kier alpha value is -1.88. The molecule has 0 aliphatic carbocycles. The van der Waals surface area contributed by atoms with Gasteiger partial charge in [-0.3, -0.25) is 9.59 Å². The standard InChI is InChI=1S/C17H25N3O2/c1-12(2)19-17(22)14-4-6-15(7-5-14)20-16(21)8-3-13-9-10-18-11-13/h4-7,12-13,18H,3,8-11H2,1-2H3,(H,19,22)(H,20,21). The molecule has 0 saturated carbocycles. The van der Waals surface area contributed by atoms with Gasteiger partial charge in [0, 0.05) is 23.7 Å². The van der Waals surface area contributed by atoms with Crippen LogP contribution in [0, 0.1) is 5.92 Å². The van der Waals surface area contributed by atoms with Crippen LogP contribution in [0.4, 0.5) is 5.69 Å². The molecule has 2 rings (SSSR count). The summed E-state index contributed by atoms with van der Waals surface area (Å²) in [6.45, 7) is 5.93. The first-order chi connectivity index (χ1) is 10.5. The zero-order valence-corrected chi connectivity index (χ0v) is 13.3. The van der Waals surface area contributed by atoms with Gasteiger partial charge in [-0.15, -0.1) is 0 Å². The lowest BCUT2D eigenvalue weighted by Gasteiger charge is -2.10. The van der Waals surface area contributed by atoms with Gasteiger partial charge < -0.3 is 16.0 Å². The van der Waals surface area contributed by atoms with Gasteiger partial charge in [-0.2, -0.15) is 0 Å². The van der Waals surface area contributed by atoms with Crippen molar-refractivity contribution in [1.82, 2.24) is 10.6 Å². The number of benzene rings is 1. The molecular weight excluding hydrogens is 278 g/mol. The number of nitrogens with one attached hydrogen (secondary N) is 3. The largest absolute Gasteiger partial charge is 0.350 e. The van der Waals surface area contributed by atoms with Crippen molar-refractivity contribution < 1.29 is 9.59 Å². The van der Waals surface area contributed by atoms with Crippen LogP contribution in [0.3, 0.4) is 0 Å². The van der Waals surface area contributed by atoms with Crippen molar-refractivity contribution in [2.24, 2.45) is 5.92 Å². The molecule has 1 fully saturated rings. The fourth-order valence-electron chi connectivity index (χ4n) is 2.57. The third kappa shape index (κ3) is 5.15. The fraction of sp³-hybridized carbons (Fsp3) is 0.529. The highest BCUT2D eigenvalue weighted by atomic mass is 16.2. The van der Waals surface area contributed by atoms with E-state index in [1.807, 2.05) is 13.8 Å². The third-order valence-corrected chi connectivity index (χ3v) is 3.79. The molecule has 0 spiro atoms. The highest BCUT2D eigenvalue weighted by Crippen LogP contribution is 2.15. The summed E-state index contributed by atoms with van der Waals surface area (Å²) in [6.07, 6.45) is 2.63. The average Bonchev–Trinajstić information content (AvgIpc) is 2.98. The predicted octanol–water partition coefficient (Wildman–Crippen LogP) is 2.15. The minimum atomic E-state index is -0.0957. The Balaban J connectivity index is 1.80. The summed E-state index contributed by atoms with van der Waals surface area (Å²) in [4.78, 5) is 23.8. The Morgan fingerprint density at radius 3 is 2.59 bits per heavy atom. The summed E-state index contributed by atoms with van der Waals surface area (Å²) >= 11 is 0. The second kappa shape index (κ2) is 7.94. The fourth-order valence-corrected chi connectivity index (χ4v) is 2.57. The van der Waals surface area contributed by atoms with E-state index in [0.717, 1.165) is 31.6 Å². The van der Waals surface area contributed by atoms with E-state index in [-0.39, 0.29) is 17.9 Å². The van der Waals surface area contributed by atoms with Gasteiger partial charge in [0.2, 0.25) is 5.91 Å². The van der Waals surface area contributed by atoms with Crippen molar-refractivity contribution in [3.05, 3.63) is 29.8 Å². The van der Waals surface area contributed by atoms with Crippen LogP contribution in [0.5, 0.6) is 0 Å². The number of hydrogen-bond acceptors (Lipinski definition) is 3. The van der Waals surface area contributed by atoms with Gasteiger partial charge in [0.05, 0.1) is 0 Å². The maximum atomic E-state index is 11.9. The summed E-state index contributed by atoms with van der Waals surface area (Å²) in [7, 11) is 0. The second-order valence-corrected chi connectivity index (χ2v) is 6.15. The minimum absolute atomic E-state index is 0.0336. The van der Waals surface area contributed by atoms with Crippen LogP contribution in [-0.4, -0.2) is 30.9 Å². The number of anilines is 1. The van der Waals surface area contributed by atoms with E-state index in [4.69, 9.17) is 0 Å². The van der Waals surface area contributed by atoms with E-state index in [9.17, 15) is 9.59 Å². The molecular formula is C17H25N3O2. The first-order valence-electron chi connectivity index (χ1n) is 7.96. The number of carbonyl (C=O) groups is 2. The van der Waals surface area contributed by atoms with Crippen molar-refractivity contribution >= 4 is 17.5 Å². The summed E-state index contributed by atoms with van der Waals surface area (Å²) < 4.78 is 0. The smallest absolute Gasteiger partial charge is 0.251 e. The van der Waals surface area contributed by atoms with Crippen LogP contribution in [0.15, 0.2) is 24.3 Å². The maximum Gasteiger partial charge on any atom is 0.251 e. The van der Waals surface area contributed by atoms with Gasteiger partial charge >= 0.3 is 0 Å². The molecule has 0 bridgehead atoms. The summed E-state index contributed by atoms with van der Waals surface area (Å²) in [5, 5.41) is 9.03. The van der Waals surface area contributed by atoms with E-state index in [2.05, 4.69) is 16.0 Å².